The van der Waals surface area contributed by atoms with Crippen molar-refractivity contribution in [1.82, 2.24) is 4.98 Å². The molecule has 0 aromatic carbocycles. The predicted molar refractivity (Wildman–Crippen MR) is 58.6 cm³/mol. The molecule has 0 unspecified atom stereocenters. The maximum Gasteiger partial charge on any atom is 0.165 e. The molecular weight excluding hydrogens is 179 g/mol. The number of unbranched alkanes of at least 4 members (excludes halogenated alkanes) is 1. The lowest BCUT2D eigenvalue weighted by Crippen LogP contribution is -1.96. The van der Waals surface area contributed by atoms with Gasteiger partial charge in [0.15, 0.2) is 11.6 Å². The van der Waals surface area contributed by atoms with Crippen LogP contribution in [-0.4, -0.2) is 4.98 Å². The molecule has 1 heterocycles. The Morgan fingerprint density at radius 2 is 2.07 bits per heavy atom. The van der Waals surface area contributed by atoms with Crippen LogP contribution in [0.5, 0.6) is 0 Å². The van der Waals surface area contributed by atoms with E-state index in [-0.39, 0.29) is 5.82 Å². The lowest BCUT2D eigenvalue weighted by Gasteiger charge is -2.00. The predicted octanol–water partition coefficient (Wildman–Crippen LogP) is 3.17. The standard InChI is InChI=1S/C9H13FN2.C2H6/c1-2-3-4-7-5-8(10)9(11)12-6-7;1-2/h5-6H,2-4H2,1H3,(H2,11,12);1-2H3. The highest BCUT2D eigenvalue weighted by Crippen LogP contribution is 2.10. The second-order valence-corrected chi connectivity index (χ2v) is 2.81. The minimum atomic E-state index is -0.413. The summed E-state index contributed by atoms with van der Waals surface area (Å²) in [5.74, 6) is -0.432. The average Bonchev–Trinajstić information content (AvgIpc) is 2.23. The van der Waals surface area contributed by atoms with Gasteiger partial charge < -0.3 is 5.73 Å². The van der Waals surface area contributed by atoms with Crippen molar-refractivity contribution in [3.05, 3.63) is 23.6 Å². The van der Waals surface area contributed by atoms with Crippen molar-refractivity contribution in [2.24, 2.45) is 0 Å². The highest BCUT2D eigenvalue weighted by molar-refractivity contribution is 5.31. The highest BCUT2D eigenvalue weighted by Gasteiger charge is 2.00. The number of rotatable bonds is 3. The van der Waals surface area contributed by atoms with Crippen molar-refractivity contribution in [2.75, 3.05) is 5.73 Å². The Kier molecular flexibility index (Phi) is 6.72. The maximum atomic E-state index is 12.8. The summed E-state index contributed by atoms with van der Waals surface area (Å²) in [6, 6.07) is 1.46. The zero-order valence-electron chi connectivity index (χ0n) is 9.18. The molecule has 0 radical (unpaired) electrons. The van der Waals surface area contributed by atoms with Crippen LogP contribution in [0, 0.1) is 5.82 Å². The van der Waals surface area contributed by atoms with E-state index in [1.54, 1.807) is 6.20 Å². The minimum absolute atomic E-state index is 0.0183. The first kappa shape index (κ1) is 12.9. The van der Waals surface area contributed by atoms with Gasteiger partial charge in [0.05, 0.1) is 0 Å². The fraction of sp³-hybridized carbons (Fsp3) is 0.545. The van der Waals surface area contributed by atoms with Crippen LogP contribution in [-0.2, 0) is 6.42 Å². The van der Waals surface area contributed by atoms with Crippen LogP contribution < -0.4 is 5.73 Å². The summed E-state index contributed by atoms with van der Waals surface area (Å²) in [4.78, 5) is 3.73. The van der Waals surface area contributed by atoms with Crippen LogP contribution in [0.4, 0.5) is 10.2 Å². The van der Waals surface area contributed by atoms with Gasteiger partial charge in [0, 0.05) is 6.20 Å². The Hall–Kier alpha value is -1.12. The largest absolute Gasteiger partial charge is 0.381 e. The van der Waals surface area contributed by atoms with Crippen molar-refractivity contribution in [2.45, 2.75) is 40.0 Å². The van der Waals surface area contributed by atoms with Gasteiger partial charge in [-0.05, 0) is 24.5 Å². The van der Waals surface area contributed by atoms with Gasteiger partial charge in [0.2, 0.25) is 0 Å². The van der Waals surface area contributed by atoms with E-state index >= 15 is 0 Å². The van der Waals surface area contributed by atoms with Crippen LogP contribution in [0.2, 0.25) is 0 Å². The van der Waals surface area contributed by atoms with Crippen molar-refractivity contribution < 1.29 is 4.39 Å². The Morgan fingerprint density at radius 3 is 2.57 bits per heavy atom. The summed E-state index contributed by atoms with van der Waals surface area (Å²) in [5.41, 5.74) is 6.15. The van der Waals surface area contributed by atoms with Crippen LogP contribution in [0.1, 0.15) is 39.2 Å². The molecule has 0 saturated heterocycles. The van der Waals surface area contributed by atoms with Gasteiger partial charge in [0.25, 0.3) is 0 Å². The average molecular weight is 198 g/mol. The number of nitrogen functional groups attached to an aromatic ring is 1. The van der Waals surface area contributed by atoms with E-state index < -0.39 is 5.82 Å². The summed E-state index contributed by atoms with van der Waals surface area (Å²) in [7, 11) is 0. The number of nitrogens with two attached hydrogens (primary N) is 1. The summed E-state index contributed by atoms with van der Waals surface area (Å²) < 4.78 is 12.8. The molecule has 1 aromatic rings. The second kappa shape index (κ2) is 7.30. The fourth-order valence-corrected chi connectivity index (χ4v) is 1.01. The van der Waals surface area contributed by atoms with Crippen molar-refractivity contribution >= 4 is 5.82 Å². The number of aryl methyl sites for hydroxylation is 1. The normalized spacial score (nSPS) is 9.14. The molecule has 0 aliphatic heterocycles. The molecule has 1 aromatic heterocycles. The number of anilines is 1. The van der Waals surface area contributed by atoms with Crippen LogP contribution >= 0.6 is 0 Å². The van der Waals surface area contributed by atoms with Crippen LogP contribution in [0.15, 0.2) is 12.3 Å². The topological polar surface area (TPSA) is 38.9 Å². The third kappa shape index (κ3) is 4.21. The van der Waals surface area contributed by atoms with E-state index in [2.05, 4.69) is 11.9 Å². The van der Waals surface area contributed by atoms with Crippen molar-refractivity contribution in [1.29, 1.82) is 0 Å². The molecule has 0 amide bonds. The number of aromatic nitrogens is 1. The Balaban J connectivity index is 0.000000791. The van der Waals surface area contributed by atoms with Crippen molar-refractivity contribution in [3.8, 4) is 0 Å². The zero-order chi connectivity index (χ0) is 11.0. The summed E-state index contributed by atoms with van der Waals surface area (Å²) >= 11 is 0. The van der Waals surface area contributed by atoms with E-state index in [9.17, 15) is 4.39 Å². The van der Waals surface area contributed by atoms with Gasteiger partial charge in [-0.2, -0.15) is 0 Å². The second-order valence-electron chi connectivity index (χ2n) is 2.81. The van der Waals surface area contributed by atoms with Crippen LogP contribution in [0.25, 0.3) is 0 Å². The SMILES string of the molecule is CC.CCCCc1cnc(N)c(F)c1. The first-order valence-electron chi connectivity index (χ1n) is 5.14. The number of pyridine rings is 1. The number of nitrogens with zero attached hydrogens (tertiary/aromatic N) is 1. The van der Waals surface area contributed by atoms with E-state index in [0.717, 1.165) is 24.8 Å². The Bertz CT molecular complexity index is 261. The van der Waals surface area contributed by atoms with Gasteiger partial charge >= 0.3 is 0 Å². The molecule has 0 fully saturated rings. The maximum absolute atomic E-state index is 12.8. The lowest BCUT2D eigenvalue weighted by atomic mass is 10.1. The van der Waals surface area contributed by atoms with E-state index in [0.29, 0.717) is 0 Å². The van der Waals surface area contributed by atoms with E-state index in [1.807, 2.05) is 13.8 Å². The molecule has 3 heteroatoms. The van der Waals surface area contributed by atoms with Gasteiger partial charge in [0.1, 0.15) is 0 Å². The first-order chi connectivity index (χ1) is 6.74. The molecule has 2 N–H and O–H groups in total. The fourth-order valence-electron chi connectivity index (χ4n) is 1.01. The first-order valence-corrected chi connectivity index (χ1v) is 5.14. The molecule has 2 nitrogen and oxygen atoms in total. The summed E-state index contributed by atoms with van der Waals surface area (Å²) in [6.45, 7) is 6.10. The molecule has 0 aliphatic rings. The number of hydrogen-bond acceptors (Lipinski definition) is 2. The zero-order valence-corrected chi connectivity index (χ0v) is 9.18. The van der Waals surface area contributed by atoms with Gasteiger partial charge in [-0.15, -0.1) is 0 Å². The molecule has 0 spiro atoms. The quantitative estimate of drug-likeness (QED) is 0.810. The third-order valence-corrected chi connectivity index (χ3v) is 1.75. The monoisotopic (exact) mass is 198 g/mol. The van der Waals surface area contributed by atoms with Gasteiger partial charge in [-0.25, -0.2) is 9.37 Å². The van der Waals surface area contributed by atoms with Gasteiger partial charge in [-0.3, -0.25) is 0 Å². The smallest absolute Gasteiger partial charge is 0.165 e. The summed E-state index contributed by atoms with van der Waals surface area (Å²) in [6.07, 6.45) is 4.67. The van der Waals surface area contributed by atoms with E-state index in [1.165, 1.54) is 6.07 Å². The number of hydrogen-bond donors (Lipinski definition) is 1. The molecule has 14 heavy (non-hydrogen) atoms. The Labute approximate surface area is 85.4 Å². The minimum Gasteiger partial charge on any atom is -0.381 e. The van der Waals surface area contributed by atoms with Crippen molar-refractivity contribution in [3.63, 3.8) is 0 Å². The molecule has 0 bridgehead atoms. The van der Waals surface area contributed by atoms with E-state index in [4.69, 9.17) is 5.73 Å². The molecular formula is C11H19FN2. The number of halogens is 1. The molecule has 80 valence electrons. The third-order valence-electron chi connectivity index (χ3n) is 1.75. The lowest BCUT2D eigenvalue weighted by molar-refractivity contribution is 0.623. The molecule has 0 aliphatic carbocycles. The van der Waals surface area contributed by atoms with Crippen LogP contribution in [0.3, 0.4) is 0 Å². The van der Waals surface area contributed by atoms with Gasteiger partial charge in [-0.1, -0.05) is 27.2 Å². The summed E-state index contributed by atoms with van der Waals surface area (Å²) in [5, 5.41) is 0. The Morgan fingerprint density at radius 1 is 1.43 bits per heavy atom. The highest BCUT2D eigenvalue weighted by atomic mass is 19.1. The molecule has 0 saturated carbocycles. The molecule has 0 atom stereocenters. The molecule has 1 rings (SSSR count).